The highest BCUT2D eigenvalue weighted by Gasteiger charge is 2.40. The van der Waals surface area contributed by atoms with Gasteiger partial charge in [-0.05, 0) is 12.8 Å². The minimum Gasteiger partial charge on any atom is -0.312 e. The number of rotatable bonds is 4. The maximum atomic E-state index is 12.4. The first-order valence-corrected chi connectivity index (χ1v) is 7.41. The van der Waals surface area contributed by atoms with E-state index in [-0.39, 0.29) is 36.8 Å². The highest BCUT2D eigenvalue weighted by atomic mass is 16.6. The van der Waals surface area contributed by atoms with Crippen molar-refractivity contribution in [3.05, 3.63) is 39.9 Å². The first-order chi connectivity index (χ1) is 10.6. The topological polar surface area (TPSA) is 83.8 Å². The number of para-hydroxylation sites is 1. The molecule has 0 radical (unpaired) electrons. The molecule has 1 saturated heterocycles. The van der Waals surface area contributed by atoms with Crippen molar-refractivity contribution in [2.45, 2.75) is 38.3 Å². The third-order valence-corrected chi connectivity index (χ3v) is 4.37. The SMILES string of the molecule is O=C1CN(C2CCCC2)C(=O)N1Cc1ccccc1[N+](=O)[O-]. The van der Waals surface area contributed by atoms with Crippen molar-refractivity contribution in [2.24, 2.45) is 0 Å². The molecule has 0 atom stereocenters. The number of nitro groups is 1. The number of nitro benzene ring substituents is 1. The Bertz CT molecular complexity index is 625. The van der Waals surface area contributed by atoms with E-state index in [2.05, 4.69) is 0 Å². The molecule has 7 heteroatoms. The Labute approximate surface area is 127 Å². The van der Waals surface area contributed by atoms with Crippen LogP contribution in [0.3, 0.4) is 0 Å². The Hall–Kier alpha value is -2.44. The first-order valence-electron chi connectivity index (χ1n) is 7.41. The zero-order valence-corrected chi connectivity index (χ0v) is 12.1. The summed E-state index contributed by atoms with van der Waals surface area (Å²) in [6, 6.07) is 6.01. The fourth-order valence-electron chi connectivity index (χ4n) is 3.21. The first kappa shape index (κ1) is 14.5. The highest BCUT2D eigenvalue weighted by Crippen LogP contribution is 2.28. The second-order valence-electron chi connectivity index (χ2n) is 5.71. The van der Waals surface area contributed by atoms with Gasteiger partial charge < -0.3 is 4.90 Å². The molecular formula is C15H17N3O4. The fraction of sp³-hybridized carbons (Fsp3) is 0.467. The average molecular weight is 303 g/mol. The molecule has 3 rings (SSSR count). The molecule has 1 heterocycles. The highest BCUT2D eigenvalue weighted by molar-refractivity contribution is 6.02. The fourth-order valence-corrected chi connectivity index (χ4v) is 3.21. The van der Waals surface area contributed by atoms with E-state index >= 15 is 0 Å². The molecule has 1 saturated carbocycles. The number of hydrogen-bond donors (Lipinski definition) is 0. The van der Waals surface area contributed by atoms with E-state index in [4.69, 9.17) is 0 Å². The van der Waals surface area contributed by atoms with Crippen molar-refractivity contribution in [1.29, 1.82) is 0 Å². The van der Waals surface area contributed by atoms with E-state index < -0.39 is 4.92 Å². The van der Waals surface area contributed by atoms with E-state index in [1.165, 1.54) is 6.07 Å². The minimum absolute atomic E-state index is 0.0436. The number of carbonyl (C=O) groups excluding carboxylic acids is 2. The molecule has 2 fully saturated rings. The summed E-state index contributed by atoms with van der Waals surface area (Å²) in [7, 11) is 0. The summed E-state index contributed by atoms with van der Waals surface area (Å²) in [5.41, 5.74) is 0.310. The Morgan fingerprint density at radius 3 is 2.55 bits per heavy atom. The lowest BCUT2D eigenvalue weighted by Crippen LogP contribution is -2.37. The molecule has 3 amide bonds. The van der Waals surface area contributed by atoms with Gasteiger partial charge in [0.2, 0.25) is 0 Å². The van der Waals surface area contributed by atoms with Crippen LogP contribution in [0.25, 0.3) is 0 Å². The largest absolute Gasteiger partial charge is 0.327 e. The molecular weight excluding hydrogens is 286 g/mol. The molecule has 0 N–H and O–H groups in total. The summed E-state index contributed by atoms with van der Waals surface area (Å²) < 4.78 is 0. The smallest absolute Gasteiger partial charge is 0.312 e. The quantitative estimate of drug-likeness (QED) is 0.485. The van der Waals surface area contributed by atoms with Crippen LogP contribution in [-0.4, -0.2) is 39.2 Å². The number of hydrogen-bond acceptors (Lipinski definition) is 4. The van der Waals surface area contributed by atoms with E-state index in [1.54, 1.807) is 23.1 Å². The number of nitrogens with zero attached hydrogens (tertiary/aromatic N) is 3. The van der Waals surface area contributed by atoms with Gasteiger partial charge in [0.25, 0.3) is 11.6 Å². The molecule has 0 spiro atoms. The van der Waals surface area contributed by atoms with Crippen LogP contribution in [0, 0.1) is 10.1 Å². The van der Waals surface area contributed by atoms with Crippen LogP contribution in [0.1, 0.15) is 31.2 Å². The summed E-state index contributed by atoms with van der Waals surface area (Å²) in [4.78, 5) is 37.9. The number of carbonyl (C=O) groups is 2. The summed E-state index contributed by atoms with van der Waals surface area (Å²) in [5, 5.41) is 11.0. The van der Waals surface area contributed by atoms with Gasteiger partial charge in [-0.2, -0.15) is 0 Å². The summed E-state index contributed by atoms with van der Waals surface area (Å²) in [6.07, 6.45) is 4.01. The normalized spacial score (nSPS) is 19.3. The van der Waals surface area contributed by atoms with E-state index in [9.17, 15) is 19.7 Å². The van der Waals surface area contributed by atoms with Gasteiger partial charge in [-0.3, -0.25) is 19.8 Å². The van der Waals surface area contributed by atoms with Crippen molar-refractivity contribution < 1.29 is 14.5 Å². The van der Waals surface area contributed by atoms with E-state index in [0.29, 0.717) is 5.56 Å². The van der Waals surface area contributed by atoms with Crippen LogP contribution in [0.15, 0.2) is 24.3 Å². The van der Waals surface area contributed by atoms with Crippen molar-refractivity contribution in [3.8, 4) is 0 Å². The second-order valence-corrected chi connectivity index (χ2v) is 5.71. The maximum absolute atomic E-state index is 12.4. The van der Waals surface area contributed by atoms with Crippen molar-refractivity contribution >= 4 is 17.6 Å². The zero-order chi connectivity index (χ0) is 15.7. The monoisotopic (exact) mass is 303 g/mol. The van der Waals surface area contributed by atoms with Gasteiger partial charge in [0.15, 0.2) is 0 Å². The zero-order valence-electron chi connectivity index (χ0n) is 12.1. The maximum Gasteiger partial charge on any atom is 0.327 e. The Kier molecular flexibility index (Phi) is 3.79. The summed E-state index contributed by atoms with van der Waals surface area (Å²) in [5.74, 6) is -0.282. The molecule has 0 aromatic heterocycles. The van der Waals surface area contributed by atoms with Gasteiger partial charge in [-0.25, -0.2) is 4.79 Å². The Balaban J connectivity index is 1.79. The van der Waals surface area contributed by atoms with E-state index in [1.807, 2.05) is 0 Å². The van der Waals surface area contributed by atoms with Gasteiger partial charge in [0.1, 0.15) is 6.54 Å². The predicted octanol–water partition coefficient (Wildman–Crippen LogP) is 2.30. The lowest BCUT2D eigenvalue weighted by atomic mass is 10.1. The average Bonchev–Trinajstić information content (AvgIpc) is 3.11. The standard InChI is InChI=1S/C15H17N3O4/c19-14-10-16(12-6-2-3-7-12)15(20)17(14)9-11-5-1-4-8-13(11)18(21)22/h1,4-5,8,12H,2-3,6-7,9-10H2. The third kappa shape index (κ3) is 2.54. The van der Waals surface area contributed by atoms with Crippen molar-refractivity contribution in [3.63, 3.8) is 0 Å². The predicted molar refractivity (Wildman–Crippen MR) is 78.0 cm³/mol. The lowest BCUT2D eigenvalue weighted by molar-refractivity contribution is -0.385. The van der Waals surface area contributed by atoms with Crippen LogP contribution in [0.2, 0.25) is 0 Å². The third-order valence-electron chi connectivity index (χ3n) is 4.37. The van der Waals surface area contributed by atoms with Crippen molar-refractivity contribution in [1.82, 2.24) is 9.80 Å². The van der Waals surface area contributed by atoms with Crippen LogP contribution in [-0.2, 0) is 11.3 Å². The van der Waals surface area contributed by atoms with Gasteiger partial charge in [-0.1, -0.05) is 31.0 Å². The molecule has 0 unspecified atom stereocenters. The lowest BCUT2D eigenvalue weighted by Gasteiger charge is -2.22. The molecule has 1 aromatic rings. The number of imide groups is 1. The summed E-state index contributed by atoms with van der Waals surface area (Å²) in [6.45, 7) is 0.0438. The summed E-state index contributed by atoms with van der Waals surface area (Å²) >= 11 is 0. The molecule has 1 aromatic carbocycles. The van der Waals surface area contributed by atoms with Crippen LogP contribution < -0.4 is 0 Å². The molecule has 2 aliphatic rings. The van der Waals surface area contributed by atoms with Crippen LogP contribution >= 0.6 is 0 Å². The minimum atomic E-state index is -0.491. The molecule has 0 bridgehead atoms. The van der Waals surface area contributed by atoms with E-state index in [0.717, 1.165) is 30.6 Å². The van der Waals surface area contributed by atoms with Gasteiger partial charge in [-0.15, -0.1) is 0 Å². The molecule has 116 valence electrons. The number of amides is 3. The number of benzene rings is 1. The van der Waals surface area contributed by atoms with Crippen molar-refractivity contribution in [2.75, 3.05) is 6.54 Å². The van der Waals surface area contributed by atoms with Crippen LogP contribution in [0.4, 0.5) is 10.5 Å². The molecule has 1 aliphatic carbocycles. The number of urea groups is 1. The molecule has 22 heavy (non-hydrogen) atoms. The van der Waals surface area contributed by atoms with Gasteiger partial charge in [0.05, 0.1) is 11.5 Å². The van der Waals surface area contributed by atoms with Gasteiger partial charge in [0, 0.05) is 17.7 Å². The Morgan fingerprint density at radius 2 is 1.86 bits per heavy atom. The van der Waals surface area contributed by atoms with Gasteiger partial charge >= 0.3 is 6.03 Å². The molecule has 1 aliphatic heterocycles. The second kappa shape index (κ2) is 5.75. The molecule has 7 nitrogen and oxygen atoms in total. The van der Waals surface area contributed by atoms with Crippen LogP contribution in [0.5, 0.6) is 0 Å². The Morgan fingerprint density at radius 1 is 1.18 bits per heavy atom.